The number of hydrogen-bond donors (Lipinski definition) is 0. The highest BCUT2D eigenvalue weighted by Gasteiger charge is 2.61. The lowest BCUT2D eigenvalue weighted by atomic mass is 9.57. The normalized spacial score (nSPS) is 28.2. The molecular weight excluding hydrogens is 292 g/mol. The van der Waals surface area contributed by atoms with Crippen molar-refractivity contribution in [3.05, 3.63) is 23.9 Å². The molecule has 3 rings (SSSR count). The zero-order valence-electron chi connectivity index (χ0n) is 14.6. The van der Waals surface area contributed by atoms with Crippen LogP contribution in [0.5, 0.6) is 5.88 Å². The van der Waals surface area contributed by atoms with Crippen LogP contribution in [-0.2, 0) is 4.74 Å². The molecule has 5 nitrogen and oxygen atoms in total. The average molecular weight is 318 g/mol. The predicted molar refractivity (Wildman–Crippen MR) is 87.5 cm³/mol. The first-order chi connectivity index (χ1) is 10.8. The molecule has 1 amide bonds. The zero-order valence-corrected chi connectivity index (χ0v) is 14.6. The van der Waals surface area contributed by atoms with Gasteiger partial charge in [0.25, 0.3) is 5.91 Å². The molecule has 0 radical (unpaired) electrons. The van der Waals surface area contributed by atoms with Crippen molar-refractivity contribution in [1.29, 1.82) is 0 Å². The minimum absolute atomic E-state index is 0.0163. The number of pyridine rings is 1. The maximum atomic E-state index is 12.9. The zero-order chi connectivity index (χ0) is 16.8. The summed E-state index contributed by atoms with van der Waals surface area (Å²) in [5.41, 5.74) is 0.418. The van der Waals surface area contributed by atoms with Gasteiger partial charge in [-0.15, -0.1) is 0 Å². The Kier molecular flexibility index (Phi) is 4.08. The van der Waals surface area contributed by atoms with Crippen molar-refractivity contribution < 1.29 is 14.3 Å². The molecule has 0 bridgehead atoms. The van der Waals surface area contributed by atoms with Crippen LogP contribution < -0.4 is 4.74 Å². The van der Waals surface area contributed by atoms with Crippen LogP contribution in [0.1, 0.15) is 44.6 Å². The molecule has 1 aliphatic carbocycles. The Morgan fingerprint density at radius 1 is 1.43 bits per heavy atom. The Hall–Kier alpha value is -1.62. The van der Waals surface area contributed by atoms with Crippen molar-refractivity contribution in [2.75, 3.05) is 13.7 Å². The lowest BCUT2D eigenvalue weighted by molar-refractivity contribution is -0.139. The molecule has 0 aromatic carbocycles. The van der Waals surface area contributed by atoms with Gasteiger partial charge in [0.2, 0.25) is 5.88 Å². The molecule has 1 aromatic rings. The third-order valence-corrected chi connectivity index (χ3v) is 5.08. The summed E-state index contributed by atoms with van der Waals surface area (Å²) in [6, 6.07) is 5.55. The summed E-state index contributed by atoms with van der Waals surface area (Å²) in [4.78, 5) is 19.1. The summed E-state index contributed by atoms with van der Waals surface area (Å²) in [6.45, 7) is 9.05. The monoisotopic (exact) mass is 318 g/mol. The van der Waals surface area contributed by atoms with E-state index in [0.717, 1.165) is 13.0 Å². The standard InChI is InChI=1S/C18H26N2O3/c1-11(2)23-14-8-6-7-13(19-14)17(21)20(5)15-12-9-10-22-16(12)18(15,3)4/h6-8,11-12,15-16H,9-10H2,1-5H3/t12-,15-,16+/m1/s1. The van der Waals surface area contributed by atoms with E-state index in [1.807, 2.05) is 31.9 Å². The fourth-order valence-electron chi connectivity index (χ4n) is 4.23. The predicted octanol–water partition coefficient (Wildman–Crippen LogP) is 2.75. The number of amides is 1. The van der Waals surface area contributed by atoms with Gasteiger partial charge in [-0.3, -0.25) is 4.79 Å². The van der Waals surface area contributed by atoms with Crippen molar-refractivity contribution >= 4 is 5.91 Å². The van der Waals surface area contributed by atoms with Crippen LogP contribution in [0.15, 0.2) is 18.2 Å². The molecule has 1 aliphatic heterocycles. The van der Waals surface area contributed by atoms with Gasteiger partial charge in [0.1, 0.15) is 5.69 Å². The first-order valence-electron chi connectivity index (χ1n) is 8.35. The van der Waals surface area contributed by atoms with Gasteiger partial charge >= 0.3 is 0 Å². The average Bonchev–Trinajstić information content (AvgIpc) is 2.92. The first kappa shape index (κ1) is 16.2. The van der Waals surface area contributed by atoms with E-state index in [2.05, 4.69) is 18.8 Å². The van der Waals surface area contributed by atoms with Crippen molar-refractivity contribution in [1.82, 2.24) is 9.88 Å². The van der Waals surface area contributed by atoms with Crippen molar-refractivity contribution in [2.24, 2.45) is 11.3 Å². The maximum absolute atomic E-state index is 12.9. The van der Waals surface area contributed by atoms with Crippen LogP contribution in [0.2, 0.25) is 0 Å². The van der Waals surface area contributed by atoms with E-state index in [1.165, 1.54) is 0 Å². The molecule has 3 atom stereocenters. The Balaban J connectivity index is 1.78. The Morgan fingerprint density at radius 3 is 2.87 bits per heavy atom. The summed E-state index contributed by atoms with van der Waals surface area (Å²) in [6.07, 6.45) is 1.33. The number of aromatic nitrogens is 1. The number of ether oxygens (including phenoxy) is 2. The number of hydrogen-bond acceptors (Lipinski definition) is 4. The van der Waals surface area contributed by atoms with Gasteiger partial charge in [-0.25, -0.2) is 4.98 Å². The summed E-state index contributed by atoms with van der Waals surface area (Å²) in [7, 11) is 1.88. The van der Waals surface area contributed by atoms with Crippen molar-refractivity contribution in [3.8, 4) is 5.88 Å². The van der Waals surface area contributed by atoms with E-state index in [1.54, 1.807) is 12.1 Å². The highest BCUT2D eigenvalue weighted by molar-refractivity contribution is 5.92. The van der Waals surface area contributed by atoms with E-state index in [9.17, 15) is 4.79 Å². The van der Waals surface area contributed by atoms with Gasteiger partial charge < -0.3 is 14.4 Å². The molecule has 1 aromatic heterocycles. The minimum Gasteiger partial charge on any atom is -0.475 e. The third-order valence-electron chi connectivity index (χ3n) is 5.08. The van der Waals surface area contributed by atoms with Crippen LogP contribution in [-0.4, -0.2) is 47.7 Å². The van der Waals surface area contributed by atoms with E-state index in [0.29, 0.717) is 17.5 Å². The Labute approximate surface area is 138 Å². The maximum Gasteiger partial charge on any atom is 0.272 e. The second-order valence-electron chi connectivity index (χ2n) is 7.45. The molecule has 2 fully saturated rings. The van der Waals surface area contributed by atoms with Crippen LogP contribution in [0.3, 0.4) is 0 Å². The van der Waals surface area contributed by atoms with E-state index in [4.69, 9.17) is 9.47 Å². The van der Waals surface area contributed by atoms with Crippen molar-refractivity contribution in [3.63, 3.8) is 0 Å². The SMILES string of the molecule is CC(C)Oc1cccc(C(=O)N(C)[C@@H]2[C@H]3CCO[C@@H]3C2(C)C)n1. The van der Waals surface area contributed by atoms with Crippen LogP contribution in [0, 0.1) is 11.3 Å². The molecular formula is C18H26N2O3. The van der Waals surface area contributed by atoms with Crippen LogP contribution in [0.25, 0.3) is 0 Å². The summed E-state index contributed by atoms with van der Waals surface area (Å²) in [5, 5.41) is 0. The van der Waals surface area contributed by atoms with Crippen LogP contribution in [0.4, 0.5) is 0 Å². The van der Waals surface area contributed by atoms with Gasteiger partial charge in [0.05, 0.1) is 12.2 Å². The number of fused-ring (bicyclic) bond motifs is 1. The Bertz CT molecular complexity index is 600. The highest BCUT2D eigenvalue weighted by atomic mass is 16.5. The Morgan fingerprint density at radius 2 is 2.17 bits per heavy atom. The van der Waals surface area contributed by atoms with Gasteiger partial charge in [0, 0.05) is 37.1 Å². The van der Waals surface area contributed by atoms with Gasteiger partial charge in [-0.1, -0.05) is 19.9 Å². The quantitative estimate of drug-likeness (QED) is 0.856. The number of rotatable bonds is 4. The van der Waals surface area contributed by atoms with Gasteiger partial charge in [0.15, 0.2) is 0 Å². The molecule has 5 heteroatoms. The second-order valence-corrected chi connectivity index (χ2v) is 7.45. The molecule has 23 heavy (non-hydrogen) atoms. The van der Waals surface area contributed by atoms with E-state index >= 15 is 0 Å². The molecule has 1 saturated heterocycles. The lowest BCUT2D eigenvalue weighted by Crippen LogP contribution is -2.66. The smallest absolute Gasteiger partial charge is 0.272 e. The first-order valence-corrected chi connectivity index (χ1v) is 8.35. The molecule has 2 heterocycles. The molecule has 126 valence electrons. The van der Waals surface area contributed by atoms with Crippen molar-refractivity contribution in [2.45, 2.75) is 52.4 Å². The van der Waals surface area contributed by atoms with E-state index in [-0.39, 0.29) is 29.6 Å². The fourth-order valence-corrected chi connectivity index (χ4v) is 4.23. The summed E-state index contributed by atoms with van der Waals surface area (Å²) >= 11 is 0. The van der Waals surface area contributed by atoms with Gasteiger partial charge in [-0.05, 0) is 26.3 Å². The topological polar surface area (TPSA) is 51.7 Å². The number of carbonyl (C=O) groups is 1. The lowest BCUT2D eigenvalue weighted by Gasteiger charge is -2.57. The third kappa shape index (κ3) is 2.71. The number of nitrogens with zero attached hydrogens (tertiary/aromatic N) is 2. The molecule has 0 unspecified atom stereocenters. The van der Waals surface area contributed by atoms with E-state index < -0.39 is 0 Å². The highest BCUT2D eigenvalue weighted by Crippen LogP contribution is 2.54. The minimum atomic E-state index is -0.0531. The molecule has 0 N–H and O–H groups in total. The summed E-state index contributed by atoms with van der Waals surface area (Å²) in [5.74, 6) is 0.880. The second kappa shape index (κ2) is 5.78. The largest absolute Gasteiger partial charge is 0.475 e. The fraction of sp³-hybridized carbons (Fsp3) is 0.667. The molecule has 2 aliphatic rings. The number of carbonyl (C=O) groups excluding carboxylic acids is 1. The summed E-state index contributed by atoms with van der Waals surface area (Å²) < 4.78 is 11.4. The molecule has 1 saturated carbocycles. The van der Waals surface area contributed by atoms with Crippen LogP contribution >= 0.6 is 0 Å². The molecule has 0 spiro atoms. The van der Waals surface area contributed by atoms with Gasteiger partial charge in [-0.2, -0.15) is 0 Å².